The van der Waals surface area contributed by atoms with Crippen LogP contribution in [0.3, 0.4) is 0 Å². The van der Waals surface area contributed by atoms with E-state index < -0.39 is 0 Å². The number of rotatable bonds is 5. The molecule has 2 aromatic rings. The van der Waals surface area contributed by atoms with Crippen LogP contribution in [0, 0.1) is 13.8 Å². The van der Waals surface area contributed by atoms with Crippen molar-refractivity contribution in [2.45, 2.75) is 39.7 Å². The van der Waals surface area contributed by atoms with Gasteiger partial charge in [0.05, 0.1) is 0 Å². The summed E-state index contributed by atoms with van der Waals surface area (Å²) in [5, 5.41) is 0.670. The van der Waals surface area contributed by atoms with Crippen LogP contribution in [-0.2, 0) is 6.42 Å². The second kappa shape index (κ2) is 6.97. The molecule has 3 heteroatoms. The molecule has 2 nitrogen and oxygen atoms in total. The van der Waals surface area contributed by atoms with Crippen molar-refractivity contribution >= 4 is 11.6 Å². The van der Waals surface area contributed by atoms with E-state index in [9.17, 15) is 0 Å². The Hall–Kier alpha value is -1.51. The summed E-state index contributed by atoms with van der Waals surface area (Å²) < 4.78 is 6.08. The number of halogens is 1. The molecule has 0 aliphatic heterocycles. The van der Waals surface area contributed by atoms with Crippen LogP contribution in [0.2, 0.25) is 5.02 Å². The molecule has 0 spiro atoms. The molecular formula is C18H22ClNO. The third-order valence-corrected chi connectivity index (χ3v) is 3.82. The number of benzene rings is 2. The van der Waals surface area contributed by atoms with E-state index in [1.54, 1.807) is 0 Å². The molecule has 0 aliphatic rings. The van der Waals surface area contributed by atoms with Gasteiger partial charge in [0.1, 0.15) is 11.5 Å². The SMILES string of the molecule is CCC(N)Cc1ccc(Cl)cc1Oc1ccc(C)cc1C. The summed E-state index contributed by atoms with van der Waals surface area (Å²) in [6, 6.07) is 12.0. The van der Waals surface area contributed by atoms with E-state index in [1.807, 2.05) is 37.3 Å². The van der Waals surface area contributed by atoms with E-state index in [0.29, 0.717) is 5.02 Å². The molecule has 0 heterocycles. The molecular weight excluding hydrogens is 282 g/mol. The van der Waals surface area contributed by atoms with Gasteiger partial charge in [-0.25, -0.2) is 0 Å². The van der Waals surface area contributed by atoms with Crippen molar-refractivity contribution in [3.63, 3.8) is 0 Å². The Morgan fingerprint density at radius 2 is 1.86 bits per heavy atom. The Labute approximate surface area is 131 Å². The molecule has 0 bridgehead atoms. The van der Waals surface area contributed by atoms with E-state index in [0.717, 1.165) is 35.5 Å². The summed E-state index contributed by atoms with van der Waals surface area (Å²) in [4.78, 5) is 0. The summed E-state index contributed by atoms with van der Waals surface area (Å²) in [5.74, 6) is 1.65. The molecule has 0 aromatic heterocycles. The Morgan fingerprint density at radius 1 is 1.10 bits per heavy atom. The van der Waals surface area contributed by atoms with Gasteiger partial charge in [-0.15, -0.1) is 0 Å². The van der Waals surface area contributed by atoms with Crippen LogP contribution >= 0.6 is 11.6 Å². The maximum atomic E-state index is 6.11. The van der Waals surface area contributed by atoms with Crippen LogP contribution in [0.25, 0.3) is 0 Å². The minimum absolute atomic E-state index is 0.132. The molecule has 0 saturated heterocycles. The zero-order chi connectivity index (χ0) is 15.4. The van der Waals surface area contributed by atoms with Crippen molar-refractivity contribution in [3.05, 3.63) is 58.1 Å². The Morgan fingerprint density at radius 3 is 2.52 bits per heavy atom. The lowest BCUT2D eigenvalue weighted by Gasteiger charge is -2.16. The van der Waals surface area contributed by atoms with Gasteiger partial charge in [-0.1, -0.05) is 42.3 Å². The number of hydrogen-bond acceptors (Lipinski definition) is 2. The van der Waals surface area contributed by atoms with E-state index in [2.05, 4.69) is 19.9 Å². The van der Waals surface area contributed by atoms with Gasteiger partial charge in [-0.05, 0) is 56.0 Å². The normalized spacial score (nSPS) is 12.2. The standard InChI is InChI=1S/C18H22ClNO/c1-4-16(20)10-14-6-7-15(19)11-18(14)21-17-8-5-12(2)9-13(17)3/h5-9,11,16H,4,10,20H2,1-3H3. The molecule has 0 saturated carbocycles. The monoisotopic (exact) mass is 303 g/mol. The maximum absolute atomic E-state index is 6.11. The van der Waals surface area contributed by atoms with Crippen LogP contribution in [0.1, 0.15) is 30.0 Å². The van der Waals surface area contributed by atoms with Gasteiger partial charge in [0.15, 0.2) is 0 Å². The number of ether oxygens (including phenoxy) is 1. The molecule has 0 radical (unpaired) electrons. The quantitative estimate of drug-likeness (QED) is 0.841. The third-order valence-electron chi connectivity index (χ3n) is 3.59. The minimum Gasteiger partial charge on any atom is -0.457 e. The summed E-state index contributed by atoms with van der Waals surface area (Å²) in [5.41, 5.74) is 9.49. The van der Waals surface area contributed by atoms with Crippen LogP contribution in [0.4, 0.5) is 0 Å². The third kappa shape index (κ3) is 4.23. The molecule has 2 rings (SSSR count). The average molecular weight is 304 g/mol. The first-order valence-electron chi connectivity index (χ1n) is 7.28. The van der Waals surface area contributed by atoms with Crippen molar-refractivity contribution in [1.29, 1.82) is 0 Å². The van der Waals surface area contributed by atoms with Crippen molar-refractivity contribution in [3.8, 4) is 11.5 Å². The topological polar surface area (TPSA) is 35.2 Å². The summed E-state index contributed by atoms with van der Waals surface area (Å²) >= 11 is 6.11. The Balaban J connectivity index is 2.31. The lowest BCUT2D eigenvalue weighted by Crippen LogP contribution is -2.21. The highest BCUT2D eigenvalue weighted by molar-refractivity contribution is 6.30. The first-order chi connectivity index (χ1) is 9.99. The smallest absolute Gasteiger partial charge is 0.132 e. The number of aryl methyl sites for hydroxylation is 2. The number of hydrogen-bond donors (Lipinski definition) is 1. The van der Waals surface area contributed by atoms with Crippen molar-refractivity contribution in [1.82, 2.24) is 0 Å². The molecule has 0 aliphatic carbocycles. The van der Waals surface area contributed by atoms with Crippen molar-refractivity contribution < 1.29 is 4.74 Å². The predicted octanol–water partition coefficient (Wildman–Crippen LogP) is 5.03. The second-order valence-electron chi connectivity index (χ2n) is 5.50. The Bertz CT molecular complexity index is 625. The van der Waals surface area contributed by atoms with Gasteiger partial charge in [-0.3, -0.25) is 0 Å². The summed E-state index contributed by atoms with van der Waals surface area (Å²) in [6.45, 7) is 6.21. The highest BCUT2D eigenvalue weighted by Crippen LogP contribution is 2.31. The molecule has 1 atom stereocenters. The largest absolute Gasteiger partial charge is 0.457 e. The fraction of sp³-hybridized carbons (Fsp3) is 0.333. The van der Waals surface area contributed by atoms with Gasteiger partial charge in [-0.2, -0.15) is 0 Å². The van der Waals surface area contributed by atoms with Crippen LogP contribution in [0.5, 0.6) is 11.5 Å². The van der Waals surface area contributed by atoms with Gasteiger partial charge in [0.2, 0.25) is 0 Å². The molecule has 2 aromatic carbocycles. The van der Waals surface area contributed by atoms with Gasteiger partial charge < -0.3 is 10.5 Å². The summed E-state index contributed by atoms with van der Waals surface area (Å²) in [6.07, 6.45) is 1.72. The first-order valence-corrected chi connectivity index (χ1v) is 7.66. The lowest BCUT2D eigenvalue weighted by molar-refractivity contribution is 0.468. The molecule has 1 unspecified atom stereocenters. The molecule has 0 fully saturated rings. The van der Waals surface area contributed by atoms with Crippen LogP contribution in [-0.4, -0.2) is 6.04 Å². The fourth-order valence-corrected chi connectivity index (χ4v) is 2.41. The number of nitrogens with two attached hydrogens (primary N) is 1. The lowest BCUT2D eigenvalue weighted by atomic mass is 10.0. The molecule has 2 N–H and O–H groups in total. The van der Waals surface area contributed by atoms with Crippen molar-refractivity contribution in [2.75, 3.05) is 0 Å². The van der Waals surface area contributed by atoms with Gasteiger partial charge >= 0.3 is 0 Å². The van der Waals surface area contributed by atoms with E-state index in [4.69, 9.17) is 22.1 Å². The van der Waals surface area contributed by atoms with Crippen LogP contribution in [0.15, 0.2) is 36.4 Å². The molecule has 0 amide bonds. The maximum Gasteiger partial charge on any atom is 0.132 e. The van der Waals surface area contributed by atoms with Gasteiger partial charge in [0, 0.05) is 11.1 Å². The second-order valence-corrected chi connectivity index (χ2v) is 5.93. The highest BCUT2D eigenvalue weighted by atomic mass is 35.5. The predicted molar refractivity (Wildman–Crippen MR) is 89.4 cm³/mol. The highest BCUT2D eigenvalue weighted by Gasteiger charge is 2.11. The van der Waals surface area contributed by atoms with E-state index in [-0.39, 0.29) is 6.04 Å². The van der Waals surface area contributed by atoms with Crippen molar-refractivity contribution in [2.24, 2.45) is 5.73 Å². The zero-order valence-electron chi connectivity index (χ0n) is 12.8. The fourth-order valence-electron chi connectivity index (χ4n) is 2.25. The first kappa shape index (κ1) is 15.9. The average Bonchev–Trinajstić information content (AvgIpc) is 2.44. The zero-order valence-corrected chi connectivity index (χ0v) is 13.6. The van der Waals surface area contributed by atoms with Gasteiger partial charge in [0.25, 0.3) is 0 Å². The molecule has 21 heavy (non-hydrogen) atoms. The summed E-state index contributed by atoms with van der Waals surface area (Å²) in [7, 11) is 0. The Kier molecular flexibility index (Phi) is 5.27. The van der Waals surface area contributed by atoms with E-state index >= 15 is 0 Å². The van der Waals surface area contributed by atoms with Crippen LogP contribution < -0.4 is 10.5 Å². The van der Waals surface area contributed by atoms with E-state index in [1.165, 1.54) is 5.56 Å². The minimum atomic E-state index is 0.132. The molecule has 112 valence electrons.